The Morgan fingerprint density at radius 2 is 1.71 bits per heavy atom. The van der Waals surface area contributed by atoms with Crippen molar-refractivity contribution in [2.75, 3.05) is 19.7 Å². The molecule has 0 fully saturated rings. The van der Waals surface area contributed by atoms with Crippen LogP contribution in [0.1, 0.15) is 34.2 Å². The molecule has 0 aliphatic rings. The fourth-order valence-corrected chi connectivity index (χ4v) is 3.60. The van der Waals surface area contributed by atoms with E-state index in [0.717, 1.165) is 24.0 Å². The average Bonchev–Trinajstić information content (AvgIpc) is 2.86. The largest absolute Gasteiger partial charge is 0.490 e. The quantitative estimate of drug-likeness (QED) is 0.146. The first-order valence-electron chi connectivity index (χ1n) is 11.8. The molecule has 35 heavy (non-hydrogen) atoms. The number of carbonyl (C=O) groups is 1. The molecule has 3 rings (SSSR count). The van der Waals surface area contributed by atoms with E-state index in [1.165, 1.54) is 16.7 Å². The predicted molar refractivity (Wildman–Crippen MR) is 138 cm³/mol. The van der Waals surface area contributed by atoms with Crippen molar-refractivity contribution in [3.05, 3.63) is 105 Å². The van der Waals surface area contributed by atoms with Gasteiger partial charge in [-0.2, -0.15) is 0 Å². The third-order valence-corrected chi connectivity index (χ3v) is 5.66. The lowest BCUT2D eigenvalue weighted by atomic mass is 10.0. The number of hydrogen-bond acceptors (Lipinski definition) is 4. The number of aryl methyl sites for hydroxylation is 3. The Morgan fingerprint density at radius 3 is 2.49 bits per heavy atom. The Balaban J connectivity index is 1.54. The molecule has 7 heteroatoms. The minimum Gasteiger partial charge on any atom is -0.490 e. The lowest BCUT2D eigenvalue weighted by Crippen LogP contribution is -2.26. The van der Waals surface area contributed by atoms with Gasteiger partial charge in [0.15, 0.2) is 11.5 Å². The van der Waals surface area contributed by atoms with Crippen LogP contribution in [0.5, 0.6) is 11.5 Å². The van der Waals surface area contributed by atoms with E-state index in [4.69, 9.17) is 15.0 Å². The SMILES string of the molecule is Cc1ccc(CCCNC(=O)Cc2ccc(OCc3ccccc3)c(OCCN=[N+]=[N-])c2)cc1C. The lowest BCUT2D eigenvalue weighted by molar-refractivity contribution is -0.120. The number of benzene rings is 3. The molecule has 1 amide bonds. The fourth-order valence-electron chi connectivity index (χ4n) is 3.60. The van der Waals surface area contributed by atoms with Crippen LogP contribution in [0.15, 0.2) is 71.8 Å². The van der Waals surface area contributed by atoms with Gasteiger partial charge in [0.25, 0.3) is 0 Å². The van der Waals surface area contributed by atoms with E-state index in [9.17, 15) is 4.79 Å². The van der Waals surface area contributed by atoms with Crippen molar-refractivity contribution in [3.63, 3.8) is 0 Å². The van der Waals surface area contributed by atoms with Crippen LogP contribution in [-0.4, -0.2) is 25.6 Å². The van der Waals surface area contributed by atoms with E-state index < -0.39 is 0 Å². The monoisotopic (exact) mass is 472 g/mol. The Morgan fingerprint density at radius 1 is 0.914 bits per heavy atom. The molecule has 0 heterocycles. The van der Waals surface area contributed by atoms with E-state index in [0.29, 0.717) is 24.7 Å². The summed E-state index contributed by atoms with van der Waals surface area (Å²) < 4.78 is 11.7. The van der Waals surface area contributed by atoms with E-state index in [2.05, 4.69) is 47.4 Å². The number of rotatable bonds is 13. The summed E-state index contributed by atoms with van der Waals surface area (Å²) in [5.74, 6) is 1.06. The van der Waals surface area contributed by atoms with Gasteiger partial charge in [-0.05, 0) is 72.2 Å². The third-order valence-electron chi connectivity index (χ3n) is 5.66. The molecule has 0 aliphatic carbocycles. The van der Waals surface area contributed by atoms with Gasteiger partial charge >= 0.3 is 0 Å². The van der Waals surface area contributed by atoms with Crippen LogP contribution in [0.4, 0.5) is 0 Å². The van der Waals surface area contributed by atoms with Crippen molar-refractivity contribution in [1.82, 2.24) is 5.32 Å². The van der Waals surface area contributed by atoms with Crippen LogP contribution in [0.2, 0.25) is 0 Å². The Bertz CT molecular complexity index is 1160. The first kappa shape index (κ1) is 25.7. The highest BCUT2D eigenvalue weighted by molar-refractivity contribution is 5.78. The van der Waals surface area contributed by atoms with Crippen LogP contribution >= 0.6 is 0 Å². The molecule has 1 N–H and O–H groups in total. The Hall–Kier alpha value is -3.96. The van der Waals surface area contributed by atoms with Gasteiger partial charge in [-0.3, -0.25) is 4.79 Å². The number of carbonyl (C=O) groups excluding carboxylic acids is 1. The predicted octanol–water partition coefficient (Wildman–Crippen LogP) is 5.86. The summed E-state index contributed by atoms with van der Waals surface area (Å²) in [6.45, 7) is 5.68. The normalized spacial score (nSPS) is 10.3. The number of ether oxygens (including phenoxy) is 2. The van der Waals surface area contributed by atoms with Gasteiger partial charge in [0.2, 0.25) is 5.91 Å². The second-order valence-corrected chi connectivity index (χ2v) is 8.41. The second-order valence-electron chi connectivity index (χ2n) is 8.41. The van der Waals surface area contributed by atoms with Crippen LogP contribution in [-0.2, 0) is 24.2 Å². The van der Waals surface area contributed by atoms with Gasteiger partial charge in [0.05, 0.1) is 19.6 Å². The highest BCUT2D eigenvalue weighted by atomic mass is 16.5. The van der Waals surface area contributed by atoms with Crippen LogP contribution in [0.3, 0.4) is 0 Å². The maximum absolute atomic E-state index is 12.5. The van der Waals surface area contributed by atoms with Gasteiger partial charge in [0.1, 0.15) is 6.61 Å². The molecule has 0 aromatic heterocycles. The molecule has 0 saturated heterocycles. The maximum atomic E-state index is 12.5. The number of amides is 1. The van der Waals surface area contributed by atoms with Gasteiger partial charge in [0, 0.05) is 11.5 Å². The third kappa shape index (κ3) is 8.72. The molecule has 182 valence electrons. The van der Waals surface area contributed by atoms with Crippen molar-refractivity contribution in [1.29, 1.82) is 0 Å². The Kier molecular flexibility index (Phi) is 10.0. The van der Waals surface area contributed by atoms with Crippen molar-refractivity contribution in [2.45, 2.75) is 39.7 Å². The summed E-state index contributed by atoms with van der Waals surface area (Å²) in [4.78, 5) is 15.2. The van der Waals surface area contributed by atoms with Crippen molar-refractivity contribution < 1.29 is 14.3 Å². The zero-order chi connectivity index (χ0) is 24.9. The minimum atomic E-state index is -0.0388. The Labute approximate surface area is 206 Å². The number of nitrogens with one attached hydrogen (secondary N) is 1. The smallest absolute Gasteiger partial charge is 0.224 e. The molecule has 0 atom stereocenters. The van der Waals surface area contributed by atoms with Crippen molar-refractivity contribution in [3.8, 4) is 11.5 Å². The molecule has 0 aliphatic heterocycles. The van der Waals surface area contributed by atoms with Crippen LogP contribution < -0.4 is 14.8 Å². The molecular weight excluding hydrogens is 440 g/mol. The van der Waals surface area contributed by atoms with Crippen molar-refractivity contribution >= 4 is 5.91 Å². The highest BCUT2D eigenvalue weighted by Crippen LogP contribution is 2.29. The first-order chi connectivity index (χ1) is 17.0. The van der Waals surface area contributed by atoms with E-state index >= 15 is 0 Å². The maximum Gasteiger partial charge on any atom is 0.224 e. The van der Waals surface area contributed by atoms with Gasteiger partial charge in [-0.25, -0.2) is 0 Å². The minimum absolute atomic E-state index is 0.0388. The average molecular weight is 473 g/mol. The van der Waals surface area contributed by atoms with Crippen LogP contribution in [0, 0.1) is 13.8 Å². The summed E-state index contributed by atoms with van der Waals surface area (Å²) >= 11 is 0. The summed E-state index contributed by atoms with van der Waals surface area (Å²) in [5, 5.41) is 6.51. The lowest BCUT2D eigenvalue weighted by Gasteiger charge is -2.14. The molecule has 7 nitrogen and oxygen atoms in total. The molecule has 3 aromatic rings. The van der Waals surface area contributed by atoms with E-state index in [1.54, 1.807) is 0 Å². The summed E-state index contributed by atoms with van der Waals surface area (Å²) in [6, 6.07) is 21.8. The van der Waals surface area contributed by atoms with Crippen molar-refractivity contribution in [2.24, 2.45) is 5.11 Å². The van der Waals surface area contributed by atoms with Gasteiger partial charge in [-0.1, -0.05) is 59.7 Å². The number of azide groups is 1. The summed E-state index contributed by atoms with van der Waals surface area (Å²) in [6.07, 6.45) is 2.06. The first-order valence-corrected chi connectivity index (χ1v) is 11.8. The van der Waals surface area contributed by atoms with Gasteiger partial charge in [-0.15, -0.1) is 0 Å². The molecule has 0 bridgehead atoms. The van der Waals surface area contributed by atoms with E-state index in [-0.39, 0.29) is 25.5 Å². The summed E-state index contributed by atoms with van der Waals surface area (Å²) in [5.41, 5.74) is 14.2. The zero-order valence-electron chi connectivity index (χ0n) is 20.4. The summed E-state index contributed by atoms with van der Waals surface area (Å²) in [7, 11) is 0. The topological polar surface area (TPSA) is 96.3 Å². The zero-order valence-corrected chi connectivity index (χ0v) is 20.4. The molecule has 0 unspecified atom stereocenters. The number of nitrogens with zero attached hydrogens (tertiary/aromatic N) is 3. The van der Waals surface area contributed by atoms with Crippen LogP contribution in [0.25, 0.3) is 10.4 Å². The molecule has 3 aromatic carbocycles. The molecular formula is C28H32N4O3. The molecule has 0 spiro atoms. The second kappa shape index (κ2) is 13.7. The standard InChI is InChI=1S/C28H32N4O3/c1-21-10-11-23(17-22(21)2)9-6-14-30-28(33)19-25-12-13-26(27(18-25)34-16-15-31-32-29)35-20-24-7-4-3-5-8-24/h3-5,7-8,10-13,17-18H,6,9,14-16,19-20H2,1-2H3,(H,30,33). The van der Waals surface area contributed by atoms with Gasteiger partial charge < -0.3 is 14.8 Å². The molecule has 0 saturated carbocycles. The van der Waals surface area contributed by atoms with E-state index in [1.807, 2.05) is 48.5 Å². The number of hydrogen-bond donors (Lipinski definition) is 1. The molecule has 0 radical (unpaired) electrons. The highest BCUT2D eigenvalue weighted by Gasteiger charge is 2.10. The fraction of sp³-hybridized carbons (Fsp3) is 0.321.